The predicted molar refractivity (Wildman–Crippen MR) is 81.9 cm³/mol. The van der Waals surface area contributed by atoms with Crippen molar-refractivity contribution >= 4 is 0 Å². The number of hydrogen-bond acceptors (Lipinski definition) is 0. The van der Waals surface area contributed by atoms with Crippen LogP contribution in [0.1, 0.15) is 96.4 Å². The van der Waals surface area contributed by atoms with E-state index >= 15 is 0 Å². The molecule has 0 heterocycles. The molecule has 1 saturated carbocycles. The molecule has 1 fully saturated rings. The van der Waals surface area contributed by atoms with E-state index in [1.165, 1.54) is 12.8 Å². The molecule has 0 nitrogen and oxygen atoms in total. The highest BCUT2D eigenvalue weighted by atomic mass is 14.2. The van der Waals surface area contributed by atoms with Gasteiger partial charge in [-0.15, -0.1) is 0 Å². The van der Waals surface area contributed by atoms with Gasteiger partial charge in [-0.2, -0.15) is 0 Å². The fourth-order valence-electron chi connectivity index (χ4n) is 0.167. The van der Waals surface area contributed by atoms with Gasteiger partial charge in [0, 0.05) is 0 Å². The van der Waals surface area contributed by atoms with Gasteiger partial charge in [0.2, 0.25) is 0 Å². The molecule has 0 aromatic rings. The monoisotopic (exact) mass is 222 g/mol. The van der Waals surface area contributed by atoms with Crippen LogP contribution in [0.4, 0.5) is 0 Å². The van der Waals surface area contributed by atoms with Crippen LogP contribution in [0, 0.1) is 5.92 Å². The van der Waals surface area contributed by atoms with Gasteiger partial charge in [0.05, 0.1) is 0 Å². The fourth-order valence-corrected chi connectivity index (χ4v) is 0.167. The molecule has 0 amide bonds. The first-order valence-electron chi connectivity index (χ1n) is 6.89. The van der Waals surface area contributed by atoms with E-state index < -0.39 is 0 Å². The third-order valence-corrected chi connectivity index (χ3v) is 0.866. The second-order valence-electron chi connectivity index (χ2n) is 1.68. The van der Waals surface area contributed by atoms with Crippen molar-refractivity contribution in [2.75, 3.05) is 0 Å². The van der Waals surface area contributed by atoms with Crippen molar-refractivity contribution in [3.8, 4) is 0 Å². The Balaban J connectivity index is -0.0000000168. The van der Waals surface area contributed by atoms with E-state index in [0.29, 0.717) is 0 Å². The zero-order valence-electron chi connectivity index (χ0n) is 13.0. The number of rotatable bonds is 0. The van der Waals surface area contributed by atoms with Crippen LogP contribution in [0.15, 0.2) is 0 Å². The number of hydrogen-bond donors (Lipinski definition) is 0. The molecule has 1 aliphatic rings. The molecule has 0 unspecified atom stereocenters. The maximum Gasteiger partial charge on any atom is -0.0443 e. The molecule has 0 bridgehead atoms. The molecular formula is C15H42. The van der Waals surface area contributed by atoms with Crippen LogP contribution >= 0.6 is 0 Å². The standard InChI is InChI=1S/C4H8.5C2H6.CH4/c1-4-2-3-4;5*1-2;/h4H,2-3H2,1H3;5*1-2H3;1H4. The molecular weight excluding hydrogens is 180 g/mol. The van der Waals surface area contributed by atoms with Gasteiger partial charge in [-0.3, -0.25) is 0 Å². The summed E-state index contributed by atoms with van der Waals surface area (Å²) in [4.78, 5) is 0. The first kappa shape index (κ1) is 36.3. The molecule has 15 heavy (non-hydrogen) atoms. The fraction of sp³-hybridized carbons (Fsp3) is 1.00. The maximum atomic E-state index is 2.28. The van der Waals surface area contributed by atoms with Crippen LogP contribution in [0.3, 0.4) is 0 Å². The summed E-state index contributed by atoms with van der Waals surface area (Å²) in [5, 5.41) is 0. The zero-order valence-corrected chi connectivity index (χ0v) is 13.0. The molecule has 1 rings (SSSR count). The Morgan fingerprint density at radius 3 is 0.600 bits per heavy atom. The Kier molecular flexibility index (Phi) is 229. The van der Waals surface area contributed by atoms with Crippen LogP contribution in [-0.2, 0) is 0 Å². The third kappa shape index (κ3) is 224. The van der Waals surface area contributed by atoms with Crippen molar-refractivity contribution in [1.29, 1.82) is 0 Å². The molecule has 0 aromatic carbocycles. The summed E-state index contributed by atoms with van der Waals surface area (Å²) in [5.74, 6) is 1.08. The predicted octanol–water partition coefficient (Wildman–Crippen LogP) is 7.18. The minimum atomic E-state index is 0. The molecule has 0 aromatic heterocycles. The smallest absolute Gasteiger partial charge is 0.0443 e. The van der Waals surface area contributed by atoms with Gasteiger partial charge >= 0.3 is 0 Å². The average Bonchev–Trinajstić information content (AvgIpc) is 3.14. The van der Waals surface area contributed by atoms with Crippen LogP contribution in [0.25, 0.3) is 0 Å². The molecule has 0 aliphatic heterocycles. The highest BCUT2D eigenvalue weighted by molar-refractivity contribution is 4.65. The lowest BCUT2D eigenvalue weighted by atomic mass is 10.5. The molecule has 0 saturated heterocycles. The van der Waals surface area contributed by atoms with Crippen molar-refractivity contribution in [3.63, 3.8) is 0 Å². The van der Waals surface area contributed by atoms with Crippen molar-refractivity contribution in [2.45, 2.75) is 96.4 Å². The van der Waals surface area contributed by atoms with Crippen LogP contribution < -0.4 is 0 Å². The second-order valence-corrected chi connectivity index (χ2v) is 1.68. The van der Waals surface area contributed by atoms with Gasteiger partial charge < -0.3 is 0 Å². The highest BCUT2D eigenvalue weighted by Crippen LogP contribution is 2.26. The lowest BCUT2D eigenvalue weighted by Gasteiger charge is -1.53. The lowest BCUT2D eigenvalue weighted by molar-refractivity contribution is 0.983. The van der Waals surface area contributed by atoms with Crippen LogP contribution in [0.2, 0.25) is 0 Å². The lowest BCUT2D eigenvalue weighted by Crippen LogP contribution is -1.42. The minimum Gasteiger partial charge on any atom is -0.0776 e. The second kappa shape index (κ2) is 94.6. The summed E-state index contributed by atoms with van der Waals surface area (Å²) < 4.78 is 0. The van der Waals surface area contributed by atoms with Crippen molar-refractivity contribution in [1.82, 2.24) is 0 Å². The molecule has 1 aliphatic carbocycles. The van der Waals surface area contributed by atoms with E-state index in [9.17, 15) is 0 Å². The first-order valence-corrected chi connectivity index (χ1v) is 6.89. The van der Waals surface area contributed by atoms with Gasteiger partial charge in [0.1, 0.15) is 0 Å². The van der Waals surface area contributed by atoms with Gasteiger partial charge in [0.15, 0.2) is 0 Å². The maximum absolute atomic E-state index is 2.28. The van der Waals surface area contributed by atoms with Gasteiger partial charge in [0.25, 0.3) is 0 Å². The Morgan fingerprint density at radius 1 is 0.533 bits per heavy atom. The zero-order chi connectivity index (χ0) is 13.0. The molecule has 0 atom stereocenters. The molecule has 0 heteroatoms. The van der Waals surface area contributed by atoms with Crippen LogP contribution in [0.5, 0.6) is 0 Å². The summed E-state index contributed by atoms with van der Waals surface area (Å²) in [6.45, 7) is 22.3. The average molecular weight is 223 g/mol. The summed E-state index contributed by atoms with van der Waals surface area (Å²) in [7, 11) is 0. The van der Waals surface area contributed by atoms with Crippen molar-refractivity contribution in [3.05, 3.63) is 0 Å². The Labute approximate surface area is 103 Å². The first-order chi connectivity index (χ1) is 6.89. The van der Waals surface area contributed by atoms with E-state index in [1.807, 2.05) is 69.2 Å². The largest absolute Gasteiger partial charge is 0.0776 e. The Bertz CT molecular complexity index is 19.2. The molecule has 0 N–H and O–H groups in total. The van der Waals surface area contributed by atoms with Gasteiger partial charge in [-0.05, 0) is 5.92 Å². The van der Waals surface area contributed by atoms with E-state index in [0.717, 1.165) is 5.92 Å². The third-order valence-electron chi connectivity index (χ3n) is 0.866. The van der Waals surface area contributed by atoms with Crippen molar-refractivity contribution < 1.29 is 0 Å². The normalized spacial score (nSPS) is 9.00. The Hall–Kier alpha value is 0. The summed E-state index contributed by atoms with van der Waals surface area (Å²) in [6, 6.07) is 0. The topological polar surface area (TPSA) is 0 Å². The van der Waals surface area contributed by atoms with Gasteiger partial charge in [-0.1, -0.05) is 96.4 Å². The van der Waals surface area contributed by atoms with E-state index in [-0.39, 0.29) is 7.43 Å². The van der Waals surface area contributed by atoms with Crippen molar-refractivity contribution in [2.24, 2.45) is 5.92 Å². The summed E-state index contributed by atoms with van der Waals surface area (Å²) >= 11 is 0. The minimum absolute atomic E-state index is 0. The van der Waals surface area contributed by atoms with E-state index in [2.05, 4.69) is 6.92 Å². The quantitative estimate of drug-likeness (QED) is 0.407. The van der Waals surface area contributed by atoms with Crippen LogP contribution in [-0.4, -0.2) is 0 Å². The highest BCUT2D eigenvalue weighted by Gasteiger charge is 2.12. The molecule has 0 radical (unpaired) electrons. The van der Waals surface area contributed by atoms with E-state index in [4.69, 9.17) is 0 Å². The molecule has 0 spiro atoms. The molecule has 102 valence electrons. The Morgan fingerprint density at radius 2 is 0.600 bits per heavy atom. The van der Waals surface area contributed by atoms with E-state index in [1.54, 1.807) is 0 Å². The van der Waals surface area contributed by atoms with Gasteiger partial charge in [-0.25, -0.2) is 0 Å². The SMILES string of the molecule is C.CC.CC.CC.CC.CC.CC1CC1. The summed E-state index contributed by atoms with van der Waals surface area (Å²) in [6.07, 6.45) is 2.97. The summed E-state index contributed by atoms with van der Waals surface area (Å²) in [5.41, 5.74) is 0.